The van der Waals surface area contributed by atoms with Crippen LogP contribution >= 0.6 is 0 Å². The predicted octanol–water partition coefficient (Wildman–Crippen LogP) is 2.52. The molecule has 0 radical (unpaired) electrons. The van der Waals surface area contributed by atoms with Gasteiger partial charge in [0.15, 0.2) is 0 Å². The Morgan fingerprint density at radius 3 is 2.48 bits per heavy atom. The van der Waals surface area contributed by atoms with Crippen molar-refractivity contribution in [2.24, 2.45) is 0 Å². The number of nitrogens with one attached hydrogen (secondary N) is 1. The highest BCUT2D eigenvalue weighted by atomic mass is 16.6. The number of nitro groups is 1. The molecule has 1 aromatic rings. The SMILES string of the molecule is O=[N+]([O-])c1ccc(OCCNCCOC2CCCC2)cc1. The Labute approximate surface area is 124 Å². The molecule has 0 unspecified atom stereocenters. The Hall–Kier alpha value is -1.66. The average Bonchev–Trinajstić information content (AvgIpc) is 3.00. The van der Waals surface area contributed by atoms with Crippen LogP contribution < -0.4 is 10.1 Å². The van der Waals surface area contributed by atoms with Gasteiger partial charge < -0.3 is 14.8 Å². The molecule has 0 aliphatic heterocycles. The smallest absolute Gasteiger partial charge is 0.269 e. The van der Waals surface area contributed by atoms with E-state index in [9.17, 15) is 10.1 Å². The maximum Gasteiger partial charge on any atom is 0.269 e. The van der Waals surface area contributed by atoms with E-state index in [1.54, 1.807) is 12.1 Å². The van der Waals surface area contributed by atoms with Crippen molar-refractivity contribution in [2.45, 2.75) is 31.8 Å². The van der Waals surface area contributed by atoms with Gasteiger partial charge in [0.2, 0.25) is 0 Å². The molecule has 0 amide bonds. The standard InChI is InChI=1S/C15H22N2O4/c18-17(19)13-5-7-15(8-6-13)21-12-10-16-9-11-20-14-3-1-2-4-14/h5-8,14,16H,1-4,9-12H2. The third-order valence-corrected chi connectivity index (χ3v) is 3.53. The van der Waals surface area contributed by atoms with Crippen LogP contribution in [-0.2, 0) is 4.74 Å². The van der Waals surface area contributed by atoms with E-state index in [0.29, 0.717) is 18.5 Å². The summed E-state index contributed by atoms with van der Waals surface area (Å²) < 4.78 is 11.2. The highest BCUT2D eigenvalue weighted by Gasteiger charge is 2.14. The lowest BCUT2D eigenvalue weighted by molar-refractivity contribution is -0.384. The second-order valence-corrected chi connectivity index (χ2v) is 5.13. The fourth-order valence-electron chi connectivity index (χ4n) is 2.38. The molecular weight excluding hydrogens is 272 g/mol. The first-order valence-electron chi connectivity index (χ1n) is 7.45. The Morgan fingerprint density at radius 2 is 1.81 bits per heavy atom. The van der Waals surface area contributed by atoms with E-state index < -0.39 is 4.92 Å². The molecule has 2 rings (SSSR count). The lowest BCUT2D eigenvalue weighted by atomic mass is 10.3. The third kappa shape index (κ3) is 5.69. The van der Waals surface area contributed by atoms with Gasteiger partial charge >= 0.3 is 0 Å². The van der Waals surface area contributed by atoms with Gasteiger partial charge in [-0.05, 0) is 25.0 Å². The van der Waals surface area contributed by atoms with Crippen LogP contribution in [0.3, 0.4) is 0 Å². The van der Waals surface area contributed by atoms with E-state index in [0.717, 1.165) is 19.7 Å². The number of benzene rings is 1. The lowest BCUT2D eigenvalue weighted by Gasteiger charge is -2.11. The maximum absolute atomic E-state index is 10.5. The molecule has 0 bridgehead atoms. The summed E-state index contributed by atoms with van der Waals surface area (Å²) in [5.41, 5.74) is 0.0736. The largest absolute Gasteiger partial charge is 0.492 e. The molecule has 0 atom stereocenters. The number of rotatable bonds is 9. The minimum atomic E-state index is -0.421. The first-order chi connectivity index (χ1) is 10.3. The van der Waals surface area contributed by atoms with Crippen LogP contribution in [0.1, 0.15) is 25.7 Å². The molecule has 1 aliphatic carbocycles. The number of hydrogen-bond acceptors (Lipinski definition) is 5. The molecule has 0 heterocycles. The summed E-state index contributed by atoms with van der Waals surface area (Å²) in [5.74, 6) is 0.643. The van der Waals surface area contributed by atoms with Gasteiger partial charge in [0.05, 0.1) is 17.6 Å². The van der Waals surface area contributed by atoms with E-state index in [4.69, 9.17) is 9.47 Å². The molecule has 0 aromatic heterocycles. The zero-order valence-electron chi connectivity index (χ0n) is 12.1. The van der Waals surface area contributed by atoms with Crippen LogP contribution in [-0.4, -0.2) is 37.3 Å². The van der Waals surface area contributed by atoms with Crippen molar-refractivity contribution in [2.75, 3.05) is 26.3 Å². The van der Waals surface area contributed by atoms with Crippen molar-refractivity contribution >= 4 is 5.69 Å². The van der Waals surface area contributed by atoms with Gasteiger partial charge in [-0.15, -0.1) is 0 Å². The highest BCUT2D eigenvalue weighted by Crippen LogP contribution is 2.20. The van der Waals surface area contributed by atoms with Crippen LogP contribution in [0.15, 0.2) is 24.3 Å². The number of nitrogens with zero attached hydrogens (tertiary/aromatic N) is 1. The second-order valence-electron chi connectivity index (χ2n) is 5.13. The molecule has 1 N–H and O–H groups in total. The monoisotopic (exact) mass is 294 g/mol. The molecule has 1 saturated carbocycles. The van der Waals surface area contributed by atoms with Crippen LogP contribution in [0, 0.1) is 10.1 Å². The fourth-order valence-corrected chi connectivity index (χ4v) is 2.38. The summed E-state index contributed by atoms with van der Waals surface area (Å²) >= 11 is 0. The maximum atomic E-state index is 10.5. The van der Waals surface area contributed by atoms with Crippen molar-refractivity contribution in [3.63, 3.8) is 0 Å². The van der Waals surface area contributed by atoms with Gasteiger partial charge in [-0.25, -0.2) is 0 Å². The topological polar surface area (TPSA) is 73.6 Å². The fraction of sp³-hybridized carbons (Fsp3) is 0.600. The van der Waals surface area contributed by atoms with Gasteiger partial charge in [-0.1, -0.05) is 12.8 Å². The predicted molar refractivity (Wildman–Crippen MR) is 79.7 cm³/mol. The molecule has 21 heavy (non-hydrogen) atoms. The molecule has 6 heteroatoms. The summed E-state index contributed by atoms with van der Waals surface area (Å²) in [7, 11) is 0. The first-order valence-corrected chi connectivity index (χ1v) is 7.45. The first kappa shape index (κ1) is 15.7. The molecule has 6 nitrogen and oxygen atoms in total. The molecular formula is C15H22N2O4. The van der Waals surface area contributed by atoms with Crippen molar-refractivity contribution in [3.8, 4) is 5.75 Å². The number of nitro benzene ring substituents is 1. The van der Waals surface area contributed by atoms with Crippen molar-refractivity contribution < 1.29 is 14.4 Å². The number of hydrogen-bond donors (Lipinski definition) is 1. The highest BCUT2D eigenvalue weighted by molar-refractivity contribution is 5.35. The lowest BCUT2D eigenvalue weighted by Crippen LogP contribution is -2.26. The summed E-state index contributed by atoms with van der Waals surface area (Å²) in [6, 6.07) is 6.11. The summed E-state index contributed by atoms with van der Waals surface area (Å²) in [4.78, 5) is 10.1. The van der Waals surface area contributed by atoms with Crippen LogP contribution in [0.2, 0.25) is 0 Å². The molecule has 0 spiro atoms. The molecule has 116 valence electrons. The third-order valence-electron chi connectivity index (χ3n) is 3.53. The molecule has 1 aliphatic rings. The van der Waals surface area contributed by atoms with Gasteiger partial charge in [0.1, 0.15) is 12.4 Å². The molecule has 1 fully saturated rings. The summed E-state index contributed by atoms with van der Waals surface area (Å²) in [6.07, 6.45) is 5.44. The van der Waals surface area contributed by atoms with E-state index in [2.05, 4.69) is 5.32 Å². The zero-order chi connectivity index (χ0) is 14.9. The average molecular weight is 294 g/mol. The molecule has 0 saturated heterocycles. The summed E-state index contributed by atoms with van der Waals surface area (Å²) in [5, 5.41) is 13.8. The van der Waals surface area contributed by atoms with Crippen molar-refractivity contribution in [1.82, 2.24) is 5.32 Å². The Morgan fingerprint density at radius 1 is 1.14 bits per heavy atom. The van der Waals surface area contributed by atoms with Crippen LogP contribution in [0.5, 0.6) is 5.75 Å². The van der Waals surface area contributed by atoms with Gasteiger partial charge in [-0.3, -0.25) is 10.1 Å². The Kier molecular flexibility index (Phi) is 6.43. The Balaban J connectivity index is 1.50. The van der Waals surface area contributed by atoms with E-state index in [-0.39, 0.29) is 5.69 Å². The molecule has 1 aromatic carbocycles. The van der Waals surface area contributed by atoms with E-state index in [1.165, 1.54) is 37.8 Å². The van der Waals surface area contributed by atoms with Gasteiger partial charge in [0.25, 0.3) is 5.69 Å². The van der Waals surface area contributed by atoms with E-state index in [1.807, 2.05) is 0 Å². The van der Waals surface area contributed by atoms with E-state index >= 15 is 0 Å². The zero-order valence-corrected chi connectivity index (χ0v) is 12.1. The Bertz CT molecular complexity index is 430. The summed E-state index contributed by atoms with van der Waals surface area (Å²) in [6.45, 7) is 2.81. The van der Waals surface area contributed by atoms with Crippen LogP contribution in [0.4, 0.5) is 5.69 Å². The number of ether oxygens (including phenoxy) is 2. The quantitative estimate of drug-likeness (QED) is 0.430. The van der Waals surface area contributed by atoms with Gasteiger partial charge in [0, 0.05) is 25.2 Å². The van der Waals surface area contributed by atoms with Crippen LogP contribution in [0.25, 0.3) is 0 Å². The number of non-ortho nitro benzene ring substituents is 1. The van der Waals surface area contributed by atoms with Gasteiger partial charge in [-0.2, -0.15) is 0 Å². The minimum absolute atomic E-state index is 0.0736. The minimum Gasteiger partial charge on any atom is -0.492 e. The van der Waals surface area contributed by atoms with Crippen molar-refractivity contribution in [1.29, 1.82) is 0 Å². The van der Waals surface area contributed by atoms with Crippen molar-refractivity contribution in [3.05, 3.63) is 34.4 Å². The normalized spacial score (nSPS) is 15.2. The second kappa shape index (κ2) is 8.59.